The lowest BCUT2D eigenvalue weighted by Gasteiger charge is -2.21. The van der Waals surface area contributed by atoms with Crippen molar-refractivity contribution in [3.05, 3.63) is 41.6 Å². The van der Waals surface area contributed by atoms with Gasteiger partial charge < -0.3 is 10.2 Å². The van der Waals surface area contributed by atoms with E-state index in [-0.39, 0.29) is 0 Å². The first kappa shape index (κ1) is 9.45. The number of hydrogen-bond acceptors (Lipinski definition) is 4. The molecule has 2 atom stereocenters. The van der Waals surface area contributed by atoms with E-state index in [1.807, 2.05) is 24.3 Å². The molecule has 0 spiro atoms. The molecule has 1 aromatic heterocycles. The normalized spacial score (nSPS) is 23.4. The molecule has 0 aliphatic heterocycles. The molecule has 0 fully saturated rings. The van der Waals surface area contributed by atoms with Crippen LogP contribution in [0.15, 0.2) is 30.3 Å². The molecule has 0 saturated carbocycles. The minimum Gasteiger partial charge on any atom is -0.386 e. The monoisotopic (exact) mass is 214 g/mol. The van der Waals surface area contributed by atoms with Gasteiger partial charge in [-0.2, -0.15) is 5.10 Å². The summed E-state index contributed by atoms with van der Waals surface area (Å²) in [6, 6.07) is 7.45. The summed E-state index contributed by atoms with van der Waals surface area (Å²) in [5, 5.41) is 28.5. The summed E-state index contributed by atoms with van der Waals surface area (Å²) >= 11 is 0. The third-order valence-corrected chi connectivity index (χ3v) is 2.81. The molecule has 0 amide bonds. The standard InChI is InChI=1S/C12H10N2O2/c15-10-6-5-9-11(12(10)16)7-3-1-2-4-8(7)13-14-9/h1-6,10,12,15-16H/t10-,12-/m0/s1. The summed E-state index contributed by atoms with van der Waals surface area (Å²) in [7, 11) is 0. The van der Waals surface area contributed by atoms with Gasteiger partial charge >= 0.3 is 0 Å². The van der Waals surface area contributed by atoms with Crippen LogP contribution in [0.5, 0.6) is 0 Å². The van der Waals surface area contributed by atoms with Gasteiger partial charge in [-0.25, -0.2) is 0 Å². The van der Waals surface area contributed by atoms with Crippen molar-refractivity contribution >= 4 is 17.0 Å². The minimum atomic E-state index is -0.930. The molecule has 1 aromatic carbocycles. The third kappa shape index (κ3) is 1.24. The van der Waals surface area contributed by atoms with E-state index in [9.17, 15) is 10.2 Å². The fourth-order valence-corrected chi connectivity index (χ4v) is 1.99. The number of hydrogen-bond donors (Lipinski definition) is 2. The minimum absolute atomic E-state index is 0.622. The van der Waals surface area contributed by atoms with E-state index < -0.39 is 12.2 Å². The number of rotatable bonds is 0. The molecular weight excluding hydrogens is 204 g/mol. The van der Waals surface area contributed by atoms with Gasteiger partial charge in [-0.3, -0.25) is 0 Å². The fraction of sp³-hybridized carbons (Fsp3) is 0.167. The van der Waals surface area contributed by atoms with E-state index in [0.29, 0.717) is 11.3 Å². The zero-order chi connectivity index (χ0) is 11.1. The van der Waals surface area contributed by atoms with Crippen molar-refractivity contribution in [2.24, 2.45) is 0 Å². The maximum atomic E-state index is 9.96. The van der Waals surface area contributed by atoms with Gasteiger partial charge in [0.1, 0.15) is 12.2 Å². The van der Waals surface area contributed by atoms with Gasteiger partial charge in [-0.15, -0.1) is 5.10 Å². The highest BCUT2D eigenvalue weighted by Gasteiger charge is 2.25. The lowest BCUT2D eigenvalue weighted by molar-refractivity contribution is 0.0476. The van der Waals surface area contributed by atoms with Crippen LogP contribution >= 0.6 is 0 Å². The predicted molar refractivity (Wildman–Crippen MR) is 59.5 cm³/mol. The Morgan fingerprint density at radius 2 is 1.88 bits per heavy atom. The predicted octanol–water partition coefficient (Wildman–Crippen LogP) is 1.05. The third-order valence-electron chi connectivity index (χ3n) is 2.81. The van der Waals surface area contributed by atoms with Crippen molar-refractivity contribution in [2.45, 2.75) is 12.2 Å². The molecule has 1 heterocycles. The Bertz CT molecular complexity index is 580. The average Bonchev–Trinajstić information content (AvgIpc) is 2.33. The fourth-order valence-electron chi connectivity index (χ4n) is 1.99. The molecule has 0 radical (unpaired) electrons. The number of aliphatic hydroxyl groups excluding tert-OH is 2. The molecular formula is C12H10N2O2. The Balaban J connectivity index is 2.37. The van der Waals surface area contributed by atoms with Gasteiger partial charge in [-0.05, 0) is 12.1 Å². The van der Waals surface area contributed by atoms with Gasteiger partial charge in [-0.1, -0.05) is 24.3 Å². The van der Waals surface area contributed by atoms with E-state index in [1.165, 1.54) is 6.08 Å². The maximum Gasteiger partial charge on any atom is 0.111 e. The first-order chi connectivity index (χ1) is 7.77. The second-order valence-corrected chi connectivity index (χ2v) is 3.81. The Labute approximate surface area is 91.9 Å². The van der Waals surface area contributed by atoms with Crippen LogP contribution in [-0.2, 0) is 0 Å². The highest BCUT2D eigenvalue weighted by molar-refractivity contribution is 5.85. The van der Waals surface area contributed by atoms with Crippen LogP contribution in [0, 0.1) is 0 Å². The summed E-state index contributed by atoms with van der Waals surface area (Å²) in [5.41, 5.74) is 2.00. The molecule has 2 N–H and O–H groups in total. The van der Waals surface area contributed by atoms with Crippen LogP contribution in [0.4, 0.5) is 0 Å². The van der Waals surface area contributed by atoms with E-state index >= 15 is 0 Å². The summed E-state index contributed by atoms with van der Waals surface area (Å²) in [4.78, 5) is 0. The van der Waals surface area contributed by atoms with E-state index in [0.717, 1.165) is 10.9 Å². The van der Waals surface area contributed by atoms with Crippen LogP contribution in [0.2, 0.25) is 0 Å². The van der Waals surface area contributed by atoms with E-state index in [1.54, 1.807) is 6.08 Å². The second kappa shape index (κ2) is 3.37. The number of benzene rings is 1. The van der Waals surface area contributed by atoms with Crippen molar-refractivity contribution in [1.29, 1.82) is 0 Å². The smallest absolute Gasteiger partial charge is 0.111 e. The molecule has 4 heteroatoms. The van der Waals surface area contributed by atoms with Gasteiger partial charge in [0.25, 0.3) is 0 Å². The molecule has 4 nitrogen and oxygen atoms in total. The first-order valence-electron chi connectivity index (χ1n) is 5.07. The van der Waals surface area contributed by atoms with Crippen molar-refractivity contribution < 1.29 is 10.2 Å². The summed E-state index contributed by atoms with van der Waals surface area (Å²) in [5.74, 6) is 0. The van der Waals surface area contributed by atoms with E-state index in [2.05, 4.69) is 10.2 Å². The first-order valence-corrected chi connectivity index (χ1v) is 5.07. The highest BCUT2D eigenvalue weighted by atomic mass is 16.3. The molecule has 80 valence electrons. The van der Waals surface area contributed by atoms with Crippen LogP contribution < -0.4 is 0 Å². The van der Waals surface area contributed by atoms with Gasteiger partial charge in [0, 0.05) is 10.9 Å². The quantitative estimate of drug-likeness (QED) is 0.688. The van der Waals surface area contributed by atoms with E-state index in [4.69, 9.17) is 0 Å². The van der Waals surface area contributed by atoms with Crippen molar-refractivity contribution in [3.63, 3.8) is 0 Å². The lowest BCUT2D eigenvalue weighted by Crippen LogP contribution is -2.20. The number of aliphatic hydroxyl groups is 2. The molecule has 1 aliphatic rings. The number of fused-ring (bicyclic) bond motifs is 3. The maximum absolute atomic E-state index is 9.96. The number of nitrogens with zero attached hydrogens (tertiary/aromatic N) is 2. The largest absolute Gasteiger partial charge is 0.386 e. The zero-order valence-electron chi connectivity index (χ0n) is 8.41. The molecule has 0 bridgehead atoms. The molecule has 1 aliphatic carbocycles. The van der Waals surface area contributed by atoms with Crippen LogP contribution in [0.1, 0.15) is 17.4 Å². The summed E-state index contributed by atoms with van der Waals surface area (Å²) in [6.45, 7) is 0. The van der Waals surface area contributed by atoms with Crippen molar-refractivity contribution in [2.75, 3.05) is 0 Å². The lowest BCUT2D eigenvalue weighted by atomic mass is 9.94. The molecule has 2 aromatic rings. The van der Waals surface area contributed by atoms with Gasteiger partial charge in [0.05, 0.1) is 11.2 Å². The topological polar surface area (TPSA) is 66.2 Å². The van der Waals surface area contributed by atoms with Crippen molar-refractivity contribution in [3.8, 4) is 0 Å². The summed E-state index contributed by atoms with van der Waals surface area (Å²) < 4.78 is 0. The number of aromatic nitrogens is 2. The Morgan fingerprint density at radius 3 is 2.75 bits per heavy atom. The van der Waals surface area contributed by atoms with Gasteiger partial charge in [0.2, 0.25) is 0 Å². The summed E-state index contributed by atoms with van der Waals surface area (Å²) in [6.07, 6.45) is 1.41. The zero-order valence-corrected chi connectivity index (χ0v) is 8.41. The second-order valence-electron chi connectivity index (χ2n) is 3.81. The average molecular weight is 214 g/mol. The Kier molecular flexibility index (Phi) is 1.99. The van der Waals surface area contributed by atoms with Crippen LogP contribution in [0.3, 0.4) is 0 Å². The molecule has 0 unspecified atom stereocenters. The molecule has 0 saturated heterocycles. The Hall–Kier alpha value is -1.78. The molecule has 16 heavy (non-hydrogen) atoms. The molecule has 3 rings (SSSR count). The van der Waals surface area contributed by atoms with Crippen molar-refractivity contribution in [1.82, 2.24) is 10.2 Å². The Morgan fingerprint density at radius 1 is 1.06 bits per heavy atom. The highest BCUT2D eigenvalue weighted by Crippen LogP contribution is 2.31. The van der Waals surface area contributed by atoms with Crippen LogP contribution in [0.25, 0.3) is 17.0 Å². The van der Waals surface area contributed by atoms with Crippen LogP contribution in [-0.4, -0.2) is 26.5 Å². The van der Waals surface area contributed by atoms with Gasteiger partial charge in [0.15, 0.2) is 0 Å². The SMILES string of the molecule is O[C@@H]1c2c(nnc3ccccc23)C=C[C@@H]1O.